The summed E-state index contributed by atoms with van der Waals surface area (Å²) >= 11 is 0. The second-order valence-corrected chi connectivity index (χ2v) is 1.95. The van der Waals surface area contributed by atoms with Crippen molar-refractivity contribution in [2.75, 3.05) is 0 Å². The number of amides is 1. The number of carbonyl (C=O) groups is 1. The Morgan fingerprint density at radius 2 is 2.09 bits per heavy atom. The van der Waals surface area contributed by atoms with Crippen LogP contribution in [0.5, 0.6) is 5.75 Å². The Morgan fingerprint density at radius 1 is 1.45 bits per heavy atom. The molecular formula is C7H7NO3. The molecule has 0 radical (unpaired) electrons. The molecule has 0 unspecified atom stereocenters. The van der Waals surface area contributed by atoms with E-state index in [2.05, 4.69) is 4.89 Å². The number of nitrogens with two attached hydrogens (primary N) is 1. The first-order valence-corrected chi connectivity index (χ1v) is 2.96. The van der Waals surface area contributed by atoms with E-state index in [1.807, 2.05) is 0 Å². The predicted octanol–water partition coefficient (Wildman–Crippen LogP) is 0.637. The Morgan fingerprint density at radius 3 is 2.55 bits per heavy atom. The summed E-state index contributed by atoms with van der Waals surface area (Å²) in [6, 6.07) is 6.16. The van der Waals surface area contributed by atoms with Gasteiger partial charge in [-0.3, -0.25) is 4.79 Å². The predicted molar refractivity (Wildman–Crippen MR) is 38.2 cm³/mol. The molecule has 0 aromatic heterocycles. The summed E-state index contributed by atoms with van der Waals surface area (Å²) < 4.78 is 0. The first kappa shape index (κ1) is 7.56. The van der Waals surface area contributed by atoms with Gasteiger partial charge in [-0.2, -0.15) is 0 Å². The molecule has 58 valence electrons. The van der Waals surface area contributed by atoms with Crippen LogP contribution in [0.2, 0.25) is 0 Å². The number of hydrogen-bond acceptors (Lipinski definition) is 3. The molecule has 1 rings (SSSR count). The molecule has 0 aliphatic heterocycles. The molecule has 1 aromatic rings. The highest BCUT2D eigenvalue weighted by Crippen LogP contribution is 2.15. The summed E-state index contributed by atoms with van der Waals surface area (Å²) in [6.07, 6.45) is 0. The highest BCUT2D eigenvalue weighted by molar-refractivity contribution is 5.95. The van der Waals surface area contributed by atoms with Gasteiger partial charge in [-0.15, -0.1) is 0 Å². The number of para-hydroxylation sites is 1. The van der Waals surface area contributed by atoms with Crippen LogP contribution in [0.3, 0.4) is 0 Å². The van der Waals surface area contributed by atoms with Crippen LogP contribution in [-0.2, 0) is 0 Å². The fraction of sp³-hybridized carbons (Fsp3) is 0. The van der Waals surface area contributed by atoms with Crippen molar-refractivity contribution in [3.8, 4) is 5.75 Å². The van der Waals surface area contributed by atoms with Crippen LogP contribution in [0.1, 0.15) is 10.4 Å². The van der Waals surface area contributed by atoms with Gasteiger partial charge in [0.05, 0.1) is 5.56 Å². The molecule has 1 amide bonds. The van der Waals surface area contributed by atoms with Crippen molar-refractivity contribution in [3.05, 3.63) is 29.8 Å². The van der Waals surface area contributed by atoms with E-state index in [0.717, 1.165) is 0 Å². The third kappa shape index (κ3) is 1.47. The van der Waals surface area contributed by atoms with E-state index < -0.39 is 5.91 Å². The Balaban J connectivity index is 3.12. The van der Waals surface area contributed by atoms with Crippen LogP contribution in [0.15, 0.2) is 24.3 Å². The SMILES string of the molecule is NC(=O)c1ccccc1OO. The van der Waals surface area contributed by atoms with Crippen LogP contribution in [0, 0.1) is 0 Å². The maximum atomic E-state index is 10.6. The van der Waals surface area contributed by atoms with Gasteiger partial charge < -0.3 is 10.6 Å². The minimum atomic E-state index is -0.630. The van der Waals surface area contributed by atoms with Crippen LogP contribution < -0.4 is 10.6 Å². The summed E-state index contributed by atoms with van der Waals surface area (Å²) in [4.78, 5) is 14.5. The second kappa shape index (κ2) is 3.03. The maximum absolute atomic E-state index is 10.6. The van der Waals surface area contributed by atoms with Crippen molar-refractivity contribution in [1.82, 2.24) is 0 Å². The molecule has 0 heterocycles. The molecule has 0 bridgehead atoms. The lowest BCUT2D eigenvalue weighted by Crippen LogP contribution is -2.12. The molecule has 1 aromatic carbocycles. The Kier molecular flexibility index (Phi) is 2.08. The topological polar surface area (TPSA) is 72.6 Å². The molecule has 11 heavy (non-hydrogen) atoms. The number of carbonyl (C=O) groups excluding carboxylic acids is 1. The average molecular weight is 153 g/mol. The van der Waals surface area contributed by atoms with E-state index in [1.165, 1.54) is 12.1 Å². The van der Waals surface area contributed by atoms with Crippen LogP contribution in [0.25, 0.3) is 0 Å². The molecule has 0 saturated heterocycles. The number of primary amides is 1. The normalized spacial score (nSPS) is 9.18. The summed E-state index contributed by atoms with van der Waals surface area (Å²) in [7, 11) is 0. The third-order valence-electron chi connectivity index (χ3n) is 1.25. The number of benzene rings is 1. The highest BCUT2D eigenvalue weighted by Gasteiger charge is 2.06. The highest BCUT2D eigenvalue weighted by atomic mass is 17.1. The lowest BCUT2D eigenvalue weighted by molar-refractivity contribution is -0.137. The molecule has 0 atom stereocenters. The zero-order valence-corrected chi connectivity index (χ0v) is 5.65. The monoisotopic (exact) mass is 153 g/mol. The minimum absolute atomic E-state index is 0.0694. The minimum Gasteiger partial charge on any atom is -0.365 e. The number of rotatable bonds is 2. The van der Waals surface area contributed by atoms with E-state index in [0.29, 0.717) is 0 Å². The second-order valence-electron chi connectivity index (χ2n) is 1.95. The summed E-state index contributed by atoms with van der Waals surface area (Å²) in [5.41, 5.74) is 5.12. The lowest BCUT2D eigenvalue weighted by atomic mass is 10.2. The Bertz CT molecular complexity index is 272. The van der Waals surface area contributed by atoms with E-state index in [-0.39, 0.29) is 11.3 Å². The molecular weight excluding hydrogens is 146 g/mol. The van der Waals surface area contributed by atoms with Crippen molar-refractivity contribution in [3.63, 3.8) is 0 Å². The van der Waals surface area contributed by atoms with Crippen molar-refractivity contribution >= 4 is 5.91 Å². The molecule has 0 aliphatic rings. The molecule has 4 heteroatoms. The summed E-state index contributed by atoms with van der Waals surface area (Å²) in [5, 5.41) is 8.26. The molecule has 3 N–H and O–H groups in total. The van der Waals surface area contributed by atoms with Gasteiger partial charge in [0.15, 0.2) is 5.75 Å². The van der Waals surface area contributed by atoms with Crippen molar-refractivity contribution in [2.24, 2.45) is 5.73 Å². The van der Waals surface area contributed by atoms with Crippen molar-refractivity contribution in [1.29, 1.82) is 0 Å². The van der Waals surface area contributed by atoms with E-state index >= 15 is 0 Å². The standard InChI is InChI=1S/C7H7NO3/c8-7(9)5-3-1-2-4-6(5)11-10/h1-4,10H,(H2,8,9). The van der Waals surface area contributed by atoms with Crippen LogP contribution >= 0.6 is 0 Å². The van der Waals surface area contributed by atoms with Gasteiger partial charge >= 0.3 is 0 Å². The Hall–Kier alpha value is -1.55. The summed E-state index contributed by atoms with van der Waals surface area (Å²) in [5.74, 6) is -0.561. The third-order valence-corrected chi connectivity index (χ3v) is 1.25. The average Bonchev–Trinajstić information content (AvgIpc) is 2.04. The van der Waals surface area contributed by atoms with Gasteiger partial charge in [-0.05, 0) is 12.1 Å². The zero-order valence-electron chi connectivity index (χ0n) is 5.65. The quantitative estimate of drug-likeness (QED) is 0.483. The largest absolute Gasteiger partial charge is 0.365 e. The van der Waals surface area contributed by atoms with Gasteiger partial charge in [0.25, 0.3) is 5.91 Å². The van der Waals surface area contributed by atoms with Gasteiger partial charge in [-0.25, -0.2) is 5.26 Å². The fourth-order valence-corrected chi connectivity index (χ4v) is 0.750. The van der Waals surface area contributed by atoms with E-state index in [1.54, 1.807) is 12.1 Å². The molecule has 0 spiro atoms. The smallest absolute Gasteiger partial charge is 0.252 e. The van der Waals surface area contributed by atoms with Crippen LogP contribution in [-0.4, -0.2) is 11.2 Å². The molecule has 4 nitrogen and oxygen atoms in total. The van der Waals surface area contributed by atoms with Gasteiger partial charge in [0.2, 0.25) is 0 Å². The zero-order chi connectivity index (χ0) is 8.27. The Labute approximate surface area is 63.1 Å². The first-order chi connectivity index (χ1) is 5.25. The van der Waals surface area contributed by atoms with Gasteiger partial charge in [0, 0.05) is 0 Å². The molecule has 0 saturated carbocycles. The lowest BCUT2D eigenvalue weighted by Gasteiger charge is -2.00. The first-order valence-electron chi connectivity index (χ1n) is 2.96. The van der Waals surface area contributed by atoms with E-state index in [4.69, 9.17) is 11.0 Å². The van der Waals surface area contributed by atoms with Gasteiger partial charge in [-0.1, -0.05) is 12.1 Å². The molecule has 0 aliphatic carbocycles. The maximum Gasteiger partial charge on any atom is 0.252 e. The van der Waals surface area contributed by atoms with Crippen molar-refractivity contribution in [2.45, 2.75) is 0 Å². The van der Waals surface area contributed by atoms with E-state index in [9.17, 15) is 4.79 Å². The van der Waals surface area contributed by atoms with Gasteiger partial charge in [0.1, 0.15) is 0 Å². The fourth-order valence-electron chi connectivity index (χ4n) is 0.750. The summed E-state index contributed by atoms with van der Waals surface area (Å²) in [6.45, 7) is 0. The molecule has 0 fully saturated rings. The van der Waals surface area contributed by atoms with Crippen molar-refractivity contribution < 1.29 is 14.9 Å². The number of hydrogen-bond donors (Lipinski definition) is 2. The van der Waals surface area contributed by atoms with Crippen LogP contribution in [0.4, 0.5) is 0 Å².